The molecule has 0 N–H and O–H groups in total. The molecule has 0 atom stereocenters. The molecule has 0 aliphatic rings. The Balaban J connectivity index is 1.79. The third kappa shape index (κ3) is 4.61. The van der Waals surface area contributed by atoms with Gasteiger partial charge >= 0.3 is 6.03 Å². The van der Waals surface area contributed by atoms with Crippen LogP contribution < -0.4 is 9.22 Å². The molecule has 0 fully saturated rings. The van der Waals surface area contributed by atoms with Crippen LogP contribution in [0.1, 0.15) is 0 Å². The normalized spacial score (nSPS) is 11.4. The molecule has 3 rings (SSSR count). The molecule has 0 bridgehead atoms. The lowest BCUT2D eigenvalue weighted by molar-refractivity contribution is 0.216. The standard InChI is InChI=1S/C21H24BrN4O2/c1-24(2)21(27)25-11-10-20(23-25)15-6-8-18(9-7-15)28-19-13-16(22)12-17(14-19)26(3,4)5/h6-14H,1-5H3/q+1. The van der Waals surface area contributed by atoms with Crippen molar-refractivity contribution >= 4 is 27.6 Å². The van der Waals surface area contributed by atoms with E-state index in [0.717, 1.165) is 32.9 Å². The van der Waals surface area contributed by atoms with E-state index in [2.05, 4.69) is 48.2 Å². The molecule has 1 aromatic heterocycles. The molecule has 6 nitrogen and oxygen atoms in total. The number of hydrogen-bond acceptors (Lipinski definition) is 3. The first-order chi connectivity index (χ1) is 13.1. The van der Waals surface area contributed by atoms with Crippen molar-refractivity contribution in [2.75, 3.05) is 35.2 Å². The van der Waals surface area contributed by atoms with Gasteiger partial charge in [-0.1, -0.05) is 15.9 Å². The van der Waals surface area contributed by atoms with Gasteiger partial charge < -0.3 is 9.64 Å². The van der Waals surface area contributed by atoms with E-state index >= 15 is 0 Å². The van der Waals surface area contributed by atoms with E-state index in [-0.39, 0.29) is 6.03 Å². The van der Waals surface area contributed by atoms with Crippen molar-refractivity contribution in [1.82, 2.24) is 19.2 Å². The predicted octanol–water partition coefficient (Wildman–Crippen LogP) is 4.83. The van der Waals surface area contributed by atoms with Crippen LogP contribution in [0.2, 0.25) is 0 Å². The summed E-state index contributed by atoms with van der Waals surface area (Å²) in [6.07, 6.45) is 1.66. The van der Waals surface area contributed by atoms with Gasteiger partial charge in [-0.15, -0.1) is 0 Å². The first kappa shape index (κ1) is 20.1. The minimum atomic E-state index is -0.186. The summed E-state index contributed by atoms with van der Waals surface area (Å²) < 4.78 is 9.03. The quantitative estimate of drug-likeness (QED) is 0.542. The molecule has 0 radical (unpaired) electrons. The fourth-order valence-corrected chi connectivity index (χ4v) is 3.07. The molecule has 7 heteroatoms. The topological polar surface area (TPSA) is 47.4 Å². The first-order valence-electron chi connectivity index (χ1n) is 8.82. The number of ether oxygens (including phenoxy) is 1. The zero-order valence-electron chi connectivity index (χ0n) is 16.7. The second-order valence-corrected chi connectivity index (χ2v) is 8.52. The Hall–Kier alpha value is -2.64. The van der Waals surface area contributed by atoms with Crippen LogP contribution >= 0.6 is 15.9 Å². The predicted molar refractivity (Wildman–Crippen MR) is 116 cm³/mol. The highest BCUT2D eigenvalue weighted by Crippen LogP contribution is 2.32. The molecule has 146 valence electrons. The summed E-state index contributed by atoms with van der Waals surface area (Å²) >= 11 is 3.55. The zero-order valence-corrected chi connectivity index (χ0v) is 18.3. The summed E-state index contributed by atoms with van der Waals surface area (Å²) in [4.78, 5) is 13.5. The molecule has 2 aromatic carbocycles. The highest BCUT2D eigenvalue weighted by atomic mass is 79.9. The molecule has 0 saturated carbocycles. The van der Waals surface area contributed by atoms with E-state index < -0.39 is 0 Å². The summed E-state index contributed by atoms with van der Waals surface area (Å²) in [5.74, 6) is 1.50. The highest BCUT2D eigenvalue weighted by molar-refractivity contribution is 9.10. The van der Waals surface area contributed by atoms with Gasteiger partial charge in [-0.05, 0) is 36.4 Å². The summed E-state index contributed by atoms with van der Waals surface area (Å²) in [6.45, 7) is 0. The SMILES string of the molecule is CN(C)C(=O)n1ccc(-c2ccc(Oc3cc(Br)cc([N+](C)(C)C)c3)cc2)n1. The monoisotopic (exact) mass is 443 g/mol. The highest BCUT2D eigenvalue weighted by Gasteiger charge is 2.15. The molecule has 0 aliphatic carbocycles. The number of carbonyl (C=O) groups is 1. The van der Waals surface area contributed by atoms with Crippen molar-refractivity contribution in [3.8, 4) is 22.8 Å². The van der Waals surface area contributed by atoms with Crippen LogP contribution in [0.4, 0.5) is 10.5 Å². The number of rotatable bonds is 4. The van der Waals surface area contributed by atoms with Crippen molar-refractivity contribution in [2.24, 2.45) is 0 Å². The van der Waals surface area contributed by atoms with Gasteiger partial charge in [0, 0.05) is 42.5 Å². The molecule has 0 saturated heterocycles. The number of quaternary nitrogens is 1. The molecular formula is C21H24BrN4O2+. The summed E-state index contributed by atoms with van der Waals surface area (Å²) in [5.41, 5.74) is 2.78. The average Bonchev–Trinajstić information content (AvgIpc) is 3.10. The molecule has 1 amide bonds. The molecule has 0 spiro atoms. The molecular weight excluding hydrogens is 420 g/mol. The van der Waals surface area contributed by atoms with Gasteiger partial charge in [0.1, 0.15) is 17.2 Å². The Morgan fingerprint density at radius 2 is 1.71 bits per heavy atom. The minimum Gasteiger partial charge on any atom is -0.457 e. The van der Waals surface area contributed by atoms with Crippen LogP contribution in [0.5, 0.6) is 11.5 Å². The second kappa shape index (κ2) is 7.77. The van der Waals surface area contributed by atoms with E-state index in [4.69, 9.17) is 4.74 Å². The summed E-state index contributed by atoms with van der Waals surface area (Å²) in [5, 5.41) is 4.34. The lowest BCUT2D eigenvalue weighted by Crippen LogP contribution is -2.34. The van der Waals surface area contributed by atoms with Gasteiger partial charge in [-0.25, -0.2) is 4.79 Å². The van der Waals surface area contributed by atoms with Gasteiger partial charge in [0.05, 0.1) is 26.8 Å². The number of amides is 1. The number of halogens is 1. The van der Waals surface area contributed by atoms with Crippen molar-refractivity contribution in [1.29, 1.82) is 0 Å². The van der Waals surface area contributed by atoms with Gasteiger partial charge in [0.25, 0.3) is 0 Å². The van der Waals surface area contributed by atoms with Crippen molar-refractivity contribution < 1.29 is 9.53 Å². The third-order valence-corrected chi connectivity index (χ3v) is 4.64. The lowest BCUT2D eigenvalue weighted by atomic mass is 10.1. The Morgan fingerprint density at radius 1 is 1.04 bits per heavy atom. The van der Waals surface area contributed by atoms with Gasteiger partial charge in [-0.2, -0.15) is 9.78 Å². The lowest BCUT2D eigenvalue weighted by Gasteiger charge is -2.24. The van der Waals surface area contributed by atoms with E-state index in [1.54, 1.807) is 20.3 Å². The molecule has 3 aromatic rings. The van der Waals surface area contributed by atoms with Crippen molar-refractivity contribution in [2.45, 2.75) is 0 Å². The average molecular weight is 444 g/mol. The third-order valence-electron chi connectivity index (χ3n) is 4.18. The molecule has 0 unspecified atom stereocenters. The van der Waals surface area contributed by atoms with Crippen molar-refractivity contribution in [3.63, 3.8) is 0 Å². The van der Waals surface area contributed by atoms with E-state index in [1.165, 1.54) is 9.58 Å². The zero-order chi connectivity index (χ0) is 20.5. The fourth-order valence-electron chi connectivity index (χ4n) is 2.61. The maximum absolute atomic E-state index is 12.0. The van der Waals surface area contributed by atoms with Crippen LogP contribution in [0, 0.1) is 0 Å². The largest absolute Gasteiger partial charge is 0.457 e. The van der Waals surface area contributed by atoms with Gasteiger partial charge in [-0.3, -0.25) is 4.48 Å². The van der Waals surface area contributed by atoms with Crippen LogP contribution in [-0.4, -0.2) is 55.9 Å². The van der Waals surface area contributed by atoms with Crippen LogP contribution in [0.3, 0.4) is 0 Å². The van der Waals surface area contributed by atoms with Gasteiger partial charge in [0.15, 0.2) is 0 Å². The maximum Gasteiger partial charge on any atom is 0.344 e. The van der Waals surface area contributed by atoms with Crippen LogP contribution in [0.25, 0.3) is 11.3 Å². The summed E-state index contributed by atoms with van der Waals surface area (Å²) in [6, 6.07) is 15.4. The summed E-state index contributed by atoms with van der Waals surface area (Å²) in [7, 11) is 9.73. The minimum absolute atomic E-state index is 0.186. The number of aromatic nitrogens is 2. The maximum atomic E-state index is 12.0. The number of nitrogens with zero attached hydrogens (tertiary/aromatic N) is 4. The Labute approximate surface area is 173 Å². The smallest absolute Gasteiger partial charge is 0.344 e. The molecule has 28 heavy (non-hydrogen) atoms. The Morgan fingerprint density at radius 3 is 2.32 bits per heavy atom. The number of benzene rings is 2. The van der Waals surface area contributed by atoms with Crippen LogP contribution in [-0.2, 0) is 0 Å². The number of hydrogen-bond donors (Lipinski definition) is 0. The second-order valence-electron chi connectivity index (χ2n) is 7.61. The van der Waals surface area contributed by atoms with E-state index in [0.29, 0.717) is 4.48 Å². The van der Waals surface area contributed by atoms with Gasteiger partial charge in [0.2, 0.25) is 0 Å². The van der Waals surface area contributed by atoms with E-state index in [1.807, 2.05) is 42.5 Å². The molecule has 1 heterocycles. The van der Waals surface area contributed by atoms with Crippen molar-refractivity contribution in [3.05, 3.63) is 59.2 Å². The number of carbonyl (C=O) groups excluding carboxylic acids is 1. The Kier molecular flexibility index (Phi) is 5.58. The Bertz CT molecular complexity index is 988. The van der Waals surface area contributed by atoms with Crippen LogP contribution in [0.15, 0.2) is 59.2 Å². The fraction of sp³-hybridized carbons (Fsp3) is 0.238. The van der Waals surface area contributed by atoms with E-state index in [9.17, 15) is 4.79 Å². The molecule has 0 aliphatic heterocycles. The first-order valence-corrected chi connectivity index (χ1v) is 9.61.